The Balaban J connectivity index is 2.17. The van der Waals surface area contributed by atoms with Gasteiger partial charge in [0, 0.05) is 12.3 Å². The molecule has 2 rings (SSSR count). The lowest BCUT2D eigenvalue weighted by atomic mass is 10.3. The van der Waals surface area contributed by atoms with E-state index in [1.165, 1.54) is 12.4 Å². The van der Waals surface area contributed by atoms with Crippen LogP contribution in [0.25, 0.3) is 0 Å². The maximum Gasteiger partial charge on any atom is 0.294 e. The van der Waals surface area contributed by atoms with E-state index in [9.17, 15) is 4.79 Å². The van der Waals surface area contributed by atoms with Gasteiger partial charge in [0.1, 0.15) is 0 Å². The molecule has 82 valence electrons. The van der Waals surface area contributed by atoms with Gasteiger partial charge < -0.3 is 15.6 Å². The zero-order valence-electron chi connectivity index (χ0n) is 8.60. The molecule has 0 spiro atoms. The van der Waals surface area contributed by atoms with Crippen LogP contribution in [0.15, 0.2) is 29.0 Å². The molecule has 0 fully saturated rings. The highest BCUT2D eigenvalue weighted by Crippen LogP contribution is 2.16. The molecule has 6 heteroatoms. The molecule has 16 heavy (non-hydrogen) atoms. The average molecular weight is 218 g/mol. The number of nitrogens with two attached hydrogens (primary N) is 1. The maximum atomic E-state index is 11.7. The lowest BCUT2D eigenvalue weighted by Crippen LogP contribution is -2.12. The number of aryl methyl sites for hydroxylation is 1. The second-order valence-corrected chi connectivity index (χ2v) is 3.25. The van der Waals surface area contributed by atoms with E-state index in [0.29, 0.717) is 17.1 Å². The normalized spacial score (nSPS) is 10.1. The third-order valence-corrected chi connectivity index (χ3v) is 1.95. The Hall–Kier alpha value is -2.37. The van der Waals surface area contributed by atoms with Crippen molar-refractivity contribution in [1.82, 2.24) is 10.1 Å². The molecule has 0 aromatic carbocycles. The Morgan fingerprint density at radius 2 is 2.38 bits per heavy atom. The Morgan fingerprint density at radius 3 is 3.00 bits per heavy atom. The summed E-state index contributed by atoms with van der Waals surface area (Å²) in [7, 11) is 0. The minimum atomic E-state index is -0.390. The maximum absolute atomic E-state index is 11.7. The lowest BCUT2D eigenvalue weighted by molar-refractivity contribution is 0.0988. The molecular weight excluding hydrogens is 208 g/mol. The van der Waals surface area contributed by atoms with Crippen molar-refractivity contribution in [2.24, 2.45) is 0 Å². The molecule has 2 heterocycles. The van der Waals surface area contributed by atoms with Gasteiger partial charge in [-0.25, -0.2) is 0 Å². The number of hydrogen-bond donors (Lipinski definition) is 2. The minimum absolute atomic E-state index is 0.147. The van der Waals surface area contributed by atoms with Gasteiger partial charge in [0.2, 0.25) is 5.76 Å². The van der Waals surface area contributed by atoms with Crippen LogP contribution in [0.1, 0.15) is 16.2 Å². The second kappa shape index (κ2) is 4.01. The number of anilines is 2. The molecule has 0 aliphatic rings. The highest BCUT2D eigenvalue weighted by atomic mass is 16.5. The van der Waals surface area contributed by atoms with Crippen molar-refractivity contribution in [3.8, 4) is 0 Å². The van der Waals surface area contributed by atoms with E-state index in [1.54, 1.807) is 19.1 Å². The van der Waals surface area contributed by atoms with E-state index in [1.807, 2.05) is 0 Å². The van der Waals surface area contributed by atoms with Gasteiger partial charge in [-0.05, 0) is 13.0 Å². The number of pyridine rings is 1. The van der Waals surface area contributed by atoms with Gasteiger partial charge in [-0.1, -0.05) is 5.16 Å². The Bertz CT molecular complexity index is 521. The molecule has 0 radical (unpaired) electrons. The SMILES string of the molecule is Cc1cc(C(=O)Nc2ccncc2N)on1. The van der Waals surface area contributed by atoms with Crippen molar-refractivity contribution in [3.63, 3.8) is 0 Å². The molecule has 0 saturated heterocycles. The van der Waals surface area contributed by atoms with Gasteiger partial charge in [0.05, 0.1) is 23.3 Å². The summed E-state index contributed by atoms with van der Waals surface area (Å²) < 4.78 is 4.82. The molecule has 0 saturated carbocycles. The van der Waals surface area contributed by atoms with Crippen molar-refractivity contribution < 1.29 is 9.32 Å². The van der Waals surface area contributed by atoms with Crippen LogP contribution >= 0.6 is 0 Å². The van der Waals surface area contributed by atoms with Crippen molar-refractivity contribution >= 4 is 17.3 Å². The summed E-state index contributed by atoms with van der Waals surface area (Å²) in [5.41, 5.74) is 7.16. The predicted octanol–water partition coefficient (Wildman–Crippen LogP) is 1.21. The van der Waals surface area contributed by atoms with Crippen LogP contribution in [0.4, 0.5) is 11.4 Å². The second-order valence-electron chi connectivity index (χ2n) is 3.25. The van der Waals surface area contributed by atoms with Gasteiger partial charge in [-0.2, -0.15) is 0 Å². The Kier molecular flexibility index (Phi) is 2.55. The smallest absolute Gasteiger partial charge is 0.294 e. The number of rotatable bonds is 2. The van der Waals surface area contributed by atoms with Gasteiger partial charge in [-0.3, -0.25) is 9.78 Å². The zero-order chi connectivity index (χ0) is 11.5. The van der Waals surface area contributed by atoms with Gasteiger partial charge in [0.15, 0.2) is 0 Å². The quantitative estimate of drug-likeness (QED) is 0.790. The minimum Gasteiger partial charge on any atom is -0.396 e. The van der Waals surface area contributed by atoms with E-state index >= 15 is 0 Å². The van der Waals surface area contributed by atoms with Crippen molar-refractivity contribution in [3.05, 3.63) is 36.0 Å². The molecule has 6 nitrogen and oxygen atoms in total. The van der Waals surface area contributed by atoms with Crippen molar-refractivity contribution in [1.29, 1.82) is 0 Å². The summed E-state index contributed by atoms with van der Waals surface area (Å²) in [6.45, 7) is 1.74. The van der Waals surface area contributed by atoms with Crippen LogP contribution in [0.2, 0.25) is 0 Å². The number of hydrogen-bond acceptors (Lipinski definition) is 5. The molecule has 0 aliphatic carbocycles. The Morgan fingerprint density at radius 1 is 1.56 bits per heavy atom. The molecule has 3 N–H and O–H groups in total. The fourth-order valence-electron chi connectivity index (χ4n) is 1.18. The number of nitrogens with one attached hydrogen (secondary N) is 1. The topological polar surface area (TPSA) is 94.0 Å². The molecule has 2 aromatic heterocycles. The van der Waals surface area contributed by atoms with E-state index in [0.717, 1.165) is 0 Å². The van der Waals surface area contributed by atoms with Gasteiger partial charge in [0.25, 0.3) is 5.91 Å². The number of carbonyl (C=O) groups excluding carboxylic acids is 1. The summed E-state index contributed by atoms with van der Waals surface area (Å²) >= 11 is 0. The molecule has 2 aromatic rings. The standard InChI is InChI=1S/C10H10N4O2/c1-6-4-9(16-14-6)10(15)13-8-2-3-12-5-7(8)11/h2-5H,11H2,1H3,(H,12,13,15). The number of carbonyl (C=O) groups is 1. The third-order valence-electron chi connectivity index (χ3n) is 1.95. The first-order valence-corrected chi connectivity index (χ1v) is 4.61. The molecular formula is C10H10N4O2. The van der Waals surface area contributed by atoms with Crippen LogP contribution in [-0.4, -0.2) is 16.0 Å². The largest absolute Gasteiger partial charge is 0.396 e. The van der Waals surface area contributed by atoms with Gasteiger partial charge in [-0.15, -0.1) is 0 Å². The highest BCUT2D eigenvalue weighted by molar-refractivity contribution is 6.03. The summed E-state index contributed by atoms with van der Waals surface area (Å²) in [6.07, 6.45) is 3.00. The number of nitrogens with zero attached hydrogens (tertiary/aromatic N) is 2. The van der Waals surface area contributed by atoms with Gasteiger partial charge >= 0.3 is 0 Å². The van der Waals surface area contributed by atoms with Crippen molar-refractivity contribution in [2.75, 3.05) is 11.1 Å². The van der Waals surface area contributed by atoms with Crippen LogP contribution < -0.4 is 11.1 Å². The van der Waals surface area contributed by atoms with E-state index in [2.05, 4.69) is 15.5 Å². The highest BCUT2D eigenvalue weighted by Gasteiger charge is 2.12. The van der Waals surface area contributed by atoms with Crippen LogP contribution in [0.5, 0.6) is 0 Å². The van der Waals surface area contributed by atoms with Crippen LogP contribution in [0, 0.1) is 6.92 Å². The van der Waals surface area contributed by atoms with Crippen LogP contribution in [-0.2, 0) is 0 Å². The third kappa shape index (κ3) is 2.00. The number of amides is 1. The molecule has 0 atom stereocenters. The monoisotopic (exact) mass is 218 g/mol. The predicted molar refractivity (Wildman–Crippen MR) is 57.8 cm³/mol. The molecule has 0 bridgehead atoms. The number of aromatic nitrogens is 2. The van der Waals surface area contributed by atoms with E-state index in [-0.39, 0.29) is 5.76 Å². The van der Waals surface area contributed by atoms with Crippen molar-refractivity contribution in [2.45, 2.75) is 6.92 Å². The first kappa shape index (κ1) is 10.2. The average Bonchev–Trinajstić information content (AvgIpc) is 2.68. The number of nitrogen functional groups attached to an aromatic ring is 1. The first-order valence-electron chi connectivity index (χ1n) is 4.61. The lowest BCUT2D eigenvalue weighted by Gasteiger charge is -2.04. The Labute approximate surface area is 91.5 Å². The summed E-state index contributed by atoms with van der Waals surface area (Å²) in [5.74, 6) is -0.243. The first-order chi connectivity index (χ1) is 7.66. The summed E-state index contributed by atoms with van der Waals surface area (Å²) in [5, 5.41) is 6.22. The fraction of sp³-hybridized carbons (Fsp3) is 0.100. The molecule has 0 aliphatic heterocycles. The van der Waals surface area contributed by atoms with Crippen LogP contribution in [0.3, 0.4) is 0 Å². The van der Waals surface area contributed by atoms with E-state index < -0.39 is 5.91 Å². The fourth-order valence-corrected chi connectivity index (χ4v) is 1.18. The summed E-state index contributed by atoms with van der Waals surface area (Å²) in [4.78, 5) is 15.5. The molecule has 1 amide bonds. The van der Waals surface area contributed by atoms with E-state index in [4.69, 9.17) is 10.3 Å². The molecule has 0 unspecified atom stereocenters. The summed E-state index contributed by atoms with van der Waals surface area (Å²) in [6, 6.07) is 3.16. The zero-order valence-corrected chi connectivity index (χ0v) is 8.60.